The van der Waals surface area contributed by atoms with Crippen molar-refractivity contribution in [2.24, 2.45) is 4.99 Å². The van der Waals surface area contributed by atoms with Crippen LogP contribution in [-0.2, 0) is 6.54 Å². The van der Waals surface area contributed by atoms with Crippen LogP contribution in [0.5, 0.6) is 0 Å². The average molecular weight is 325 g/mol. The number of aromatic nitrogens is 2. The van der Waals surface area contributed by atoms with Gasteiger partial charge in [0, 0.05) is 51.0 Å². The lowest BCUT2D eigenvalue weighted by atomic mass is 9.99. The van der Waals surface area contributed by atoms with Crippen LogP contribution in [0.2, 0.25) is 0 Å². The van der Waals surface area contributed by atoms with E-state index in [2.05, 4.69) is 52.6 Å². The second-order valence-electron chi connectivity index (χ2n) is 6.20. The van der Waals surface area contributed by atoms with E-state index in [0.717, 1.165) is 45.1 Å². The van der Waals surface area contributed by atoms with Gasteiger partial charge in [-0.25, -0.2) is 0 Å². The molecule has 5 nitrogen and oxygen atoms in total. The Balaban J connectivity index is 1.54. The normalized spacial score (nSPS) is 18.1. The number of likely N-dealkylation sites (tertiary alicyclic amines) is 1. The maximum absolute atomic E-state index is 4.81. The van der Waals surface area contributed by atoms with Crippen molar-refractivity contribution in [2.45, 2.75) is 32.2 Å². The third kappa shape index (κ3) is 4.37. The summed E-state index contributed by atoms with van der Waals surface area (Å²) in [7, 11) is 0. The van der Waals surface area contributed by atoms with Gasteiger partial charge in [-0.3, -0.25) is 9.67 Å². The van der Waals surface area contributed by atoms with Crippen LogP contribution < -0.4 is 5.32 Å². The van der Waals surface area contributed by atoms with Crippen LogP contribution in [0.15, 0.2) is 53.8 Å². The highest BCUT2D eigenvalue weighted by atomic mass is 15.3. The number of aliphatic imine (C=N–C) groups is 1. The molecule has 24 heavy (non-hydrogen) atoms. The summed E-state index contributed by atoms with van der Waals surface area (Å²) in [6.45, 7) is 6.91. The zero-order valence-electron chi connectivity index (χ0n) is 14.4. The molecule has 5 heteroatoms. The standard InChI is InChI=1S/C19H27N5/c1-2-20-19(21-11-6-13-24-14-7-12-22-24)23-15-10-18(16-23)17-8-4-3-5-9-17/h3-5,7-9,12,14,18H,2,6,10-11,13,15-16H2,1H3,(H,20,21). The van der Waals surface area contributed by atoms with Crippen molar-refractivity contribution in [1.29, 1.82) is 0 Å². The van der Waals surface area contributed by atoms with E-state index < -0.39 is 0 Å². The predicted molar refractivity (Wildman–Crippen MR) is 98.2 cm³/mol. The summed E-state index contributed by atoms with van der Waals surface area (Å²) in [4.78, 5) is 7.21. The first-order valence-electron chi connectivity index (χ1n) is 8.92. The first-order valence-corrected chi connectivity index (χ1v) is 8.92. The molecule has 0 amide bonds. The molecule has 1 N–H and O–H groups in total. The summed E-state index contributed by atoms with van der Waals surface area (Å²) in [6, 6.07) is 12.8. The lowest BCUT2D eigenvalue weighted by Gasteiger charge is -2.21. The molecule has 0 bridgehead atoms. The molecule has 1 unspecified atom stereocenters. The van der Waals surface area contributed by atoms with Crippen molar-refractivity contribution in [3.05, 3.63) is 54.4 Å². The highest BCUT2D eigenvalue weighted by molar-refractivity contribution is 5.80. The largest absolute Gasteiger partial charge is 0.357 e. The van der Waals surface area contributed by atoms with Crippen molar-refractivity contribution in [3.8, 4) is 0 Å². The van der Waals surface area contributed by atoms with Crippen LogP contribution in [0.4, 0.5) is 0 Å². The lowest BCUT2D eigenvalue weighted by Crippen LogP contribution is -2.40. The number of aryl methyl sites for hydroxylation is 1. The van der Waals surface area contributed by atoms with Gasteiger partial charge in [0.2, 0.25) is 0 Å². The van der Waals surface area contributed by atoms with Crippen molar-refractivity contribution < 1.29 is 0 Å². The summed E-state index contributed by atoms with van der Waals surface area (Å²) in [5.41, 5.74) is 1.44. The third-order valence-electron chi connectivity index (χ3n) is 4.46. The summed E-state index contributed by atoms with van der Waals surface area (Å²) in [5, 5.41) is 7.68. The average Bonchev–Trinajstić information content (AvgIpc) is 3.30. The summed E-state index contributed by atoms with van der Waals surface area (Å²) >= 11 is 0. The summed E-state index contributed by atoms with van der Waals surface area (Å²) in [6.07, 6.45) is 6.02. The molecule has 0 spiro atoms. The Bertz CT molecular complexity index is 620. The smallest absolute Gasteiger partial charge is 0.193 e. The Morgan fingerprint density at radius 2 is 2.17 bits per heavy atom. The molecule has 128 valence electrons. The number of hydrogen-bond donors (Lipinski definition) is 1. The predicted octanol–water partition coefficient (Wildman–Crippen LogP) is 2.73. The highest BCUT2D eigenvalue weighted by Crippen LogP contribution is 2.26. The van der Waals surface area contributed by atoms with E-state index in [-0.39, 0.29) is 0 Å². The number of guanidine groups is 1. The molecule has 1 fully saturated rings. The zero-order valence-corrected chi connectivity index (χ0v) is 14.4. The molecule has 0 aliphatic carbocycles. The fourth-order valence-electron chi connectivity index (χ4n) is 3.23. The molecule has 0 saturated carbocycles. The van der Waals surface area contributed by atoms with Crippen LogP contribution in [0, 0.1) is 0 Å². The Morgan fingerprint density at radius 3 is 2.92 bits per heavy atom. The van der Waals surface area contributed by atoms with Crippen LogP contribution in [0.25, 0.3) is 0 Å². The minimum atomic E-state index is 0.610. The van der Waals surface area contributed by atoms with Gasteiger partial charge in [0.1, 0.15) is 0 Å². The molecule has 1 aromatic carbocycles. The van der Waals surface area contributed by atoms with Gasteiger partial charge in [0.05, 0.1) is 0 Å². The second-order valence-corrected chi connectivity index (χ2v) is 6.20. The fourth-order valence-corrected chi connectivity index (χ4v) is 3.23. The van der Waals surface area contributed by atoms with Crippen LogP contribution in [-0.4, -0.2) is 46.8 Å². The summed E-state index contributed by atoms with van der Waals surface area (Å²) < 4.78 is 1.96. The van der Waals surface area contributed by atoms with Gasteiger partial charge in [-0.15, -0.1) is 0 Å². The quantitative estimate of drug-likeness (QED) is 0.505. The molecule has 1 saturated heterocycles. The minimum absolute atomic E-state index is 0.610. The Labute approximate surface area is 144 Å². The number of rotatable bonds is 6. The molecule has 1 aliphatic heterocycles. The second kappa shape index (κ2) is 8.52. The van der Waals surface area contributed by atoms with E-state index in [0.29, 0.717) is 5.92 Å². The van der Waals surface area contributed by atoms with E-state index in [1.807, 2.05) is 23.1 Å². The first kappa shape index (κ1) is 16.6. The van der Waals surface area contributed by atoms with Crippen LogP contribution in [0.3, 0.4) is 0 Å². The van der Waals surface area contributed by atoms with Crippen molar-refractivity contribution in [1.82, 2.24) is 20.0 Å². The van der Waals surface area contributed by atoms with Gasteiger partial charge in [0.25, 0.3) is 0 Å². The van der Waals surface area contributed by atoms with E-state index in [1.54, 1.807) is 0 Å². The van der Waals surface area contributed by atoms with Crippen LogP contribution >= 0.6 is 0 Å². The van der Waals surface area contributed by atoms with E-state index >= 15 is 0 Å². The SMILES string of the molecule is CCNC(=NCCCn1cccn1)N1CCC(c2ccccc2)C1. The molecular formula is C19H27N5. The Morgan fingerprint density at radius 1 is 1.29 bits per heavy atom. The van der Waals surface area contributed by atoms with Gasteiger partial charge < -0.3 is 10.2 Å². The van der Waals surface area contributed by atoms with Crippen LogP contribution in [0.1, 0.15) is 31.2 Å². The van der Waals surface area contributed by atoms with E-state index in [4.69, 9.17) is 4.99 Å². The van der Waals surface area contributed by atoms with Gasteiger partial charge in [-0.1, -0.05) is 30.3 Å². The van der Waals surface area contributed by atoms with Crippen molar-refractivity contribution in [3.63, 3.8) is 0 Å². The van der Waals surface area contributed by atoms with Gasteiger partial charge in [0.15, 0.2) is 5.96 Å². The monoisotopic (exact) mass is 325 g/mol. The molecule has 1 aromatic heterocycles. The minimum Gasteiger partial charge on any atom is -0.357 e. The number of nitrogens with zero attached hydrogens (tertiary/aromatic N) is 4. The fraction of sp³-hybridized carbons (Fsp3) is 0.474. The molecule has 1 aliphatic rings. The molecular weight excluding hydrogens is 298 g/mol. The Kier molecular flexibility index (Phi) is 5.88. The lowest BCUT2D eigenvalue weighted by molar-refractivity contribution is 0.484. The molecule has 0 radical (unpaired) electrons. The third-order valence-corrected chi connectivity index (χ3v) is 4.46. The van der Waals surface area contributed by atoms with Gasteiger partial charge >= 0.3 is 0 Å². The number of hydrogen-bond acceptors (Lipinski definition) is 2. The summed E-state index contributed by atoms with van der Waals surface area (Å²) in [5.74, 6) is 1.66. The van der Waals surface area contributed by atoms with Gasteiger partial charge in [-0.05, 0) is 31.4 Å². The maximum Gasteiger partial charge on any atom is 0.193 e. The number of benzene rings is 1. The topological polar surface area (TPSA) is 45.5 Å². The molecule has 3 rings (SSSR count). The maximum atomic E-state index is 4.81. The zero-order chi connectivity index (χ0) is 16.6. The highest BCUT2D eigenvalue weighted by Gasteiger charge is 2.25. The van der Waals surface area contributed by atoms with E-state index in [1.165, 1.54) is 12.0 Å². The molecule has 2 heterocycles. The van der Waals surface area contributed by atoms with Crippen molar-refractivity contribution >= 4 is 5.96 Å². The molecule has 1 atom stereocenters. The Hall–Kier alpha value is -2.30. The van der Waals surface area contributed by atoms with Crippen molar-refractivity contribution in [2.75, 3.05) is 26.2 Å². The van der Waals surface area contributed by atoms with E-state index in [9.17, 15) is 0 Å². The first-order chi connectivity index (χ1) is 11.9. The van der Waals surface area contributed by atoms with Gasteiger partial charge in [-0.2, -0.15) is 5.10 Å². The number of nitrogens with one attached hydrogen (secondary N) is 1. The molecule has 2 aromatic rings.